The van der Waals surface area contributed by atoms with E-state index in [1.165, 1.54) is 0 Å². The van der Waals surface area contributed by atoms with Gasteiger partial charge in [0.1, 0.15) is 17.1 Å². The van der Waals surface area contributed by atoms with Crippen molar-refractivity contribution >= 4 is 34.5 Å². The summed E-state index contributed by atoms with van der Waals surface area (Å²) in [6, 6.07) is 8.01. The second-order valence-corrected chi connectivity index (χ2v) is 9.86. The molecule has 0 radical (unpaired) electrons. The molecule has 9 nitrogen and oxygen atoms in total. The molecule has 0 spiro atoms. The van der Waals surface area contributed by atoms with Crippen molar-refractivity contribution in [2.75, 3.05) is 23.3 Å². The van der Waals surface area contributed by atoms with Gasteiger partial charge in [0.25, 0.3) is 0 Å². The maximum absolute atomic E-state index is 12.2. The van der Waals surface area contributed by atoms with Crippen LogP contribution in [-0.2, 0) is 9.53 Å². The second-order valence-electron chi connectivity index (χ2n) is 9.86. The lowest BCUT2D eigenvalue weighted by atomic mass is 10.1. The molecule has 2 amide bonds. The van der Waals surface area contributed by atoms with Gasteiger partial charge < -0.3 is 19.5 Å². The number of aromatic nitrogens is 3. The summed E-state index contributed by atoms with van der Waals surface area (Å²) in [7, 11) is 0. The molecule has 3 aromatic rings. The fraction of sp³-hybridized carbons (Fsp3) is 0.440. The van der Waals surface area contributed by atoms with Crippen LogP contribution in [0.25, 0.3) is 22.3 Å². The van der Waals surface area contributed by atoms with Crippen molar-refractivity contribution in [1.29, 1.82) is 0 Å². The largest absolute Gasteiger partial charge is 0.444 e. The summed E-state index contributed by atoms with van der Waals surface area (Å²) < 4.78 is 5.34. The Bertz CT molecular complexity index is 1200. The lowest BCUT2D eigenvalue weighted by Crippen LogP contribution is -2.58. The SMILES string of the molecule is CC(=O)N1[C@H](C)CN(c2cccc(-c3c[nH]c4ncc(NC(=O)OC(C)(C)C)cc34)n2)C[C@@H]1C. The van der Waals surface area contributed by atoms with E-state index in [0.717, 1.165) is 35.6 Å². The van der Waals surface area contributed by atoms with Crippen molar-refractivity contribution in [3.63, 3.8) is 0 Å². The van der Waals surface area contributed by atoms with Crippen LogP contribution in [0.4, 0.5) is 16.3 Å². The number of hydrogen-bond acceptors (Lipinski definition) is 6. The first-order valence-corrected chi connectivity index (χ1v) is 11.5. The predicted octanol–water partition coefficient (Wildman–Crippen LogP) is 4.42. The van der Waals surface area contributed by atoms with Gasteiger partial charge in [-0.25, -0.2) is 14.8 Å². The average molecular weight is 465 g/mol. The molecule has 0 unspecified atom stereocenters. The maximum atomic E-state index is 12.2. The number of rotatable bonds is 3. The van der Waals surface area contributed by atoms with Crippen molar-refractivity contribution in [1.82, 2.24) is 19.9 Å². The van der Waals surface area contributed by atoms with Gasteiger partial charge in [-0.1, -0.05) is 6.07 Å². The van der Waals surface area contributed by atoms with Crippen LogP contribution in [0, 0.1) is 0 Å². The van der Waals surface area contributed by atoms with E-state index in [0.29, 0.717) is 11.3 Å². The molecule has 1 aliphatic rings. The number of carbonyl (C=O) groups excluding carboxylic acids is 2. The van der Waals surface area contributed by atoms with Crippen molar-refractivity contribution in [3.8, 4) is 11.3 Å². The summed E-state index contributed by atoms with van der Waals surface area (Å²) in [6.07, 6.45) is 2.94. The van der Waals surface area contributed by atoms with E-state index >= 15 is 0 Å². The number of H-pyrrole nitrogens is 1. The molecular formula is C25H32N6O3. The highest BCUT2D eigenvalue weighted by Gasteiger charge is 2.31. The normalized spacial score (nSPS) is 18.8. The van der Waals surface area contributed by atoms with E-state index in [-0.39, 0.29) is 18.0 Å². The van der Waals surface area contributed by atoms with Crippen LogP contribution >= 0.6 is 0 Å². The van der Waals surface area contributed by atoms with Gasteiger partial charge in [-0.05, 0) is 52.8 Å². The van der Waals surface area contributed by atoms with Gasteiger partial charge >= 0.3 is 6.09 Å². The number of nitrogens with one attached hydrogen (secondary N) is 2. The quantitative estimate of drug-likeness (QED) is 0.595. The summed E-state index contributed by atoms with van der Waals surface area (Å²) in [4.78, 5) is 40.9. The number of amides is 2. The Morgan fingerprint density at radius 3 is 2.53 bits per heavy atom. The molecule has 0 aliphatic carbocycles. The number of carbonyl (C=O) groups is 2. The highest BCUT2D eigenvalue weighted by molar-refractivity contribution is 5.96. The zero-order valence-electron chi connectivity index (χ0n) is 20.5. The number of hydrogen-bond donors (Lipinski definition) is 2. The Morgan fingerprint density at radius 1 is 1.18 bits per heavy atom. The molecule has 1 saturated heterocycles. The van der Waals surface area contributed by atoms with Crippen LogP contribution < -0.4 is 10.2 Å². The summed E-state index contributed by atoms with van der Waals surface area (Å²) in [6.45, 7) is 12.7. The fourth-order valence-electron chi connectivity index (χ4n) is 4.59. The molecule has 0 bridgehead atoms. The zero-order chi connectivity index (χ0) is 24.6. The molecule has 0 aromatic carbocycles. The summed E-state index contributed by atoms with van der Waals surface area (Å²) >= 11 is 0. The Balaban J connectivity index is 1.60. The second kappa shape index (κ2) is 8.96. The van der Waals surface area contributed by atoms with E-state index in [1.54, 1.807) is 13.1 Å². The van der Waals surface area contributed by atoms with Crippen molar-refractivity contribution in [3.05, 3.63) is 36.7 Å². The number of nitrogens with zero attached hydrogens (tertiary/aromatic N) is 4. The molecule has 3 aromatic heterocycles. The summed E-state index contributed by atoms with van der Waals surface area (Å²) in [5, 5.41) is 3.60. The number of piperazine rings is 1. The molecule has 1 aliphatic heterocycles. The van der Waals surface area contributed by atoms with Crippen molar-refractivity contribution in [2.45, 2.75) is 59.2 Å². The molecule has 2 atom stereocenters. The summed E-state index contributed by atoms with van der Waals surface area (Å²) in [5.41, 5.74) is 2.35. The van der Waals surface area contributed by atoms with Crippen molar-refractivity contribution in [2.24, 2.45) is 0 Å². The number of fused-ring (bicyclic) bond motifs is 1. The van der Waals surface area contributed by atoms with Crippen molar-refractivity contribution < 1.29 is 14.3 Å². The van der Waals surface area contributed by atoms with E-state index in [9.17, 15) is 9.59 Å². The Hall–Kier alpha value is -3.62. The Kier molecular flexibility index (Phi) is 6.20. The van der Waals surface area contributed by atoms with Gasteiger partial charge in [-0.15, -0.1) is 0 Å². The maximum Gasteiger partial charge on any atom is 0.412 e. The molecule has 9 heteroatoms. The zero-order valence-corrected chi connectivity index (χ0v) is 20.5. The third-order valence-electron chi connectivity index (χ3n) is 5.79. The minimum atomic E-state index is -0.587. The molecule has 4 rings (SSSR count). The van der Waals surface area contributed by atoms with Gasteiger partial charge in [0.2, 0.25) is 5.91 Å². The van der Waals surface area contributed by atoms with Crippen LogP contribution in [0.3, 0.4) is 0 Å². The Labute approximate surface area is 199 Å². The summed E-state index contributed by atoms with van der Waals surface area (Å²) in [5.74, 6) is 0.966. The minimum Gasteiger partial charge on any atom is -0.444 e. The van der Waals surface area contributed by atoms with Crippen LogP contribution in [-0.4, -0.2) is 62.6 Å². The molecule has 2 N–H and O–H groups in total. The third kappa shape index (κ3) is 4.98. The van der Waals surface area contributed by atoms with E-state index in [2.05, 4.69) is 34.0 Å². The first kappa shape index (κ1) is 23.5. The van der Waals surface area contributed by atoms with E-state index in [4.69, 9.17) is 9.72 Å². The lowest BCUT2D eigenvalue weighted by molar-refractivity contribution is -0.133. The molecule has 0 saturated carbocycles. The smallest absolute Gasteiger partial charge is 0.412 e. The number of anilines is 2. The average Bonchev–Trinajstić information content (AvgIpc) is 3.15. The van der Waals surface area contributed by atoms with Crippen LogP contribution in [0.5, 0.6) is 0 Å². The molecule has 4 heterocycles. The molecule has 34 heavy (non-hydrogen) atoms. The van der Waals surface area contributed by atoms with Crippen LogP contribution in [0.2, 0.25) is 0 Å². The fourth-order valence-corrected chi connectivity index (χ4v) is 4.59. The van der Waals surface area contributed by atoms with Gasteiger partial charge in [0, 0.05) is 49.2 Å². The Morgan fingerprint density at radius 2 is 1.88 bits per heavy atom. The van der Waals surface area contributed by atoms with Gasteiger partial charge in [0.05, 0.1) is 17.6 Å². The van der Waals surface area contributed by atoms with Gasteiger partial charge in [0.15, 0.2) is 0 Å². The molecule has 180 valence electrons. The highest BCUT2D eigenvalue weighted by atomic mass is 16.6. The van der Waals surface area contributed by atoms with Gasteiger partial charge in [-0.2, -0.15) is 0 Å². The molecule has 1 fully saturated rings. The number of aromatic amines is 1. The van der Waals surface area contributed by atoms with Crippen LogP contribution in [0.15, 0.2) is 36.7 Å². The number of pyridine rings is 2. The first-order valence-electron chi connectivity index (χ1n) is 11.5. The third-order valence-corrected chi connectivity index (χ3v) is 5.79. The first-order chi connectivity index (χ1) is 16.0. The number of ether oxygens (including phenoxy) is 1. The highest BCUT2D eigenvalue weighted by Crippen LogP contribution is 2.30. The lowest BCUT2D eigenvalue weighted by Gasteiger charge is -2.44. The van der Waals surface area contributed by atoms with Crippen LogP contribution in [0.1, 0.15) is 41.5 Å². The van der Waals surface area contributed by atoms with E-state index < -0.39 is 11.7 Å². The predicted molar refractivity (Wildman–Crippen MR) is 133 cm³/mol. The topological polar surface area (TPSA) is 103 Å². The monoisotopic (exact) mass is 464 g/mol. The van der Waals surface area contributed by atoms with Gasteiger partial charge in [-0.3, -0.25) is 10.1 Å². The standard InChI is InChI=1S/C25H32N6O3/c1-15-13-30(14-16(2)31(15)17(3)32)22-9-7-8-21(29-22)20-12-27-23-19(20)10-18(11-26-23)28-24(33)34-25(4,5)6/h7-12,15-16H,13-14H2,1-6H3,(H,26,27)(H,28,33)/t15-,16+. The van der Waals surface area contributed by atoms with E-state index in [1.807, 2.05) is 56.1 Å². The molecular weight excluding hydrogens is 432 g/mol. The minimum absolute atomic E-state index is 0.100.